The molecule has 152 valence electrons. The Morgan fingerprint density at radius 3 is 2.79 bits per heavy atom. The fourth-order valence-electron chi connectivity index (χ4n) is 6.00. The topological polar surface area (TPSA) is 66.7 Å². The molecule has 3 heterocycles. The molecule has 29 heavy (non-hydrogen) atoms. The molecule has 1 aromatic carbocycles. The highest BCUT2D eigenvalue weighted by Crippen LogP contribution is 2.54. The van der Waals surface area contributed by atoms with Gasteiger partial charge in [0.25, 0.3) is 5.91 Å². The lowest BCUT2D eigenvalue weighted by molar-refractivity contribution is -0.132. The number of amides is 2. The fraction of sp³-hybridized carbons (Fsp3) is 0.500. The normalized spacial score (nSPS) is 30.5. The standard InChI is InChI=1S/C22H24FN3O3/c1-13(27)26-16-11-22(2)19(7-4-8-20(22)26)25(12-16)21(28)18-10-17(24-29-18)14-5-3-6-15(23)9-14/h3,5-6,9-10,16,19-20H,4,7-8,11-12H2,1-2H3/t16-,19+,20-,22+/m0/s1. The van der Waals surface area contributed by atoms with Crippen molar-refractivity contribution < 1.29 is 18.5 Å². The first kappa shape index (κ1) is 18.3. The first-order chi connectivity index (χ1) is 13.9. The Morgan fingerprint density at radius 1 is 1.24 bits per heavy atom. The van der Waals surface area contributed by atoms with Crippen molar-refractivity contribution in [3.63, 3.8) is 0 Å². The second-order valence-corrected chi connectivity index (χ2v) is 8.80. The summed E-state index contributed by atoms with van der Waals surface area (Å²) in [5.41, 5.74) is 0.915. The summed E-state index contributed by atoms with van der Waals surface area (Å²) in [4.78, 5) is 29.6. The number of hydrogen-bond acceptors (Lipinski definition) is 4. The maximum Gasteiger partial charge on any atom is 0.292 e. The van der Waals surface area contributed by atoms with E-state index in [0.29, 0.717) is 17.8 Å². The number of benzene rings is 1. The van der Waals surface area contributed by atoms with E-state index in [2.05, 4.69) is 12.1 Å². The van der Waals surface area contributed by atoms with Crippen molar-refractivity contribution in [3.05, 3.63) is 41.9 Å². The van der Waals surface area contributed by atoms with Gasteiger partial charge in [-0.3, -0.25) is 9.59 Å². The van der Waals surface area contributed by atoms with Crippen LogP contribution >= 0.6 is 0 Å². The largest absolute Gasteiger partial charge is 0.350 e. The predicted octanol–water partition coefficient (Wildman–Crippen LogP) is 3.48. The molecule has 0 unspecified atom stereocenters. The van der Waals surface area contributed by atoms with Crippen molar-refractivity contribution in [2.45, 2.75) is 57.7 Å². The number of hydrogen-bond donors (Lipinski definition) is 0. The first-order valence-electron chi connectivity index (χ1n) is 10.2. The molecule has 2 aliphatic heterocycles. The summed E-state index contributed by atoms with van der Waals surface area (Å²) in [7, 11) is 0. The lowest BCUT2D eigenvalue weighted by Crippen LogP contribution is -2.57. The second-order valence-electron chi connectivity index (χ2n) is 8.80. The number of likely N-dealkylation sites (tertiary alicyclic amines) is 2. The van der Waals surface area contributed by atoms with Gasteiger partial charge in [-0.1, -0.05) is 24.2 Å². The molecule has 3 fully saturated rings. The number of piperidine rings is 1. The van der Waals surface area contributed by atoms with E-state index in [1.807, 2.05) is 9.80 Å². The van der Waals surface area contributed by atoms with Crippen molar-refractivity contribution in [2.24, 2.45) is 5.41 Å². The van der Waals surface area contributed by atoms with Gasteiger partial charge in [0, 0.05) is 42.6 Å². The summed E-state index contributed by atoms with van der Waals surface area (Å²) in [6.45, 7) is 4.36. The van der Waals surface area contributed by atoms with Crippen molar-refractivity contribution in [1.82, 2.24) is 15.0 Å². The lowest BCUT2D eigenvalue weighted by atomic mass is 9.65. The number of rotatable bonds is 2. The molecule has 0 spiro atoms. The van der Waals surface area contributed by atoms with Crippen LogP contribution in [0.2, 0.25) is 0 Å². The Kier molecular flexibility index (Phi) is 4.05. The molecule has 4 atom stereocenters. The molecule has 7 heteroatoms. The van der Waals surface area contributed by atoms with E-state index in [-0.39, 0.29) is 46.9 Å². The van der Waals surface area contributed by atoms with Gasteiger partial charge in [-0.05, 0) is 37.8 Å². The predicted molar refractivity (Wildman–Crippen MR) is 103 cm³/mol. The molecule has 2 bridgehead atoms. The van der Waals surface area contributed by atoms with Crippen LogP contribution in [0.25, 0.3) is 11.3 Å². The highest BCUT2D eigenvalue weighted by molar-refractivity contribution is 5.93. The molecule has 1 aliphatic carbocycles. The monoisotopic (exact) mass is 397 g/mol. The van der Waals surface area contributed by atoms with Gasteiger partial charge in [-0.25, -0.2) is 4.39 Å². The van der Waals surface area contributed by atoms with Crippen LogP contribution in [-0.2, 0) is 4.79 Å². The van der Waals surface area contributed by atoms with Crippen LogP contribution in [0.15, 0.2) is 34.9 Å². The Bertz CT molecular complexity index is 989. The molecule has 2 saturated heterocycles. The number of nitrogens with zero attached hydrogens (tertiary/aromatic N) is 3. The maximum atomic E-state index is 13.5. The summed E-state index contributed by atoms with van der Waals surface area (Å²) in [6, 6.07) is 7.96. The number of aromatic nitrogens is 1. The SMILES string of the molecule is CC(=O)N1[C@@H]2CN(C(=O)c3cc(-c4cccc(F)c4)no3)[C@@H]3CCC[C@H]1[C@]3(C)C2. The Morgan fingerprint density at radius 2 is 2.03 bits per heavy atom. The van der Waals surface area contributed by atoms with Crippen LogP contribution in [0.3, 0.4) is 0 Å². The minimum Gasteiger partial charge on any atom is -0.350 e. The second kappa shape index (κ2) is 6.40. The summed E-state index contributed by atoms with van der Waals surface area (Å²) < 4.78 is 18.9. The maximum absolute atomic E-state index is 13.5. The third-order valence-electron chi connectivity index (χ3n) is 7.13. The third kappa shape index (κ3) is 2.70. The summed E-state index contributed by atoms with van der Waals surface area (Å²) in [5.74, 6) is -0.319. The summed E-state index contributed by atoms with van der Waals surface area (Å²) >= 11 is 0. The van der Waals surface area contributed by atoms with Crippen LogP contribution < -0.4 is 0 Å². The van der Waals surface area contributed by atoms with Gasteiger partial charge in [-0.15, -0.1) is 0 Å². The number of halogens is 1. The number of fused-ring (bicyclic) bond motifs is 1. The van der Waals surface area contributed by atoms with Gasteiger partial charge in [0.05, 0.1) is 6.04 Å². The molecule has 0 N–H and O–H groups in total. The average molecular weight is 397 g/mol. The average Bonchev–Trinajstić information content (AvgIpc) is 3.27. The van der Waals surface area contributed by atoms with Crippen LogP contribution in [0.5, 0.6) is 0 Å². The van der Waals surface area contributed by atoms with E-state index in [9.17, 15) is 14.0 Å². The molecule has 5 rings (SSSR count). The van der Waals surface area contributed by atoms with E-state index >= 15 is 0 Å². The van der Waals surface area contributed by atoms with Crippen molar-refractivity contribution in [1.29, 1.82) is 0 Å². The van der Waals surface area contributed by atoms with Gasteiger partial charge in [-0.2, -0.15) is 0 Å². The van der Waals surface area contributed by atoms with Crippen molar-refractivity contribution in [2.75, 3.05) is 6.54 Å². The highest BCUT2D eigenvalue weighted by Gasteiger charge is 2.61. The Hall–Kier alpha value is -2.70. The molecule has 2 aromatic rings. The van der Waals surface area contributed by atoms with E-state index in [1.54, 1.807) is 25.1 Å². The van der Waals surface area contributed by atoms with E-state index < -0.39 is 0 Å². The van der Waals surface area contributed by atoms with Crippen LogP contribution in [0, 0.1) is 11.2 Å². The van der Waals surface area contributed by atoms with Crippen LogP contribution in [0.4, 0.5) is 4.39 Å². The quantitative estimate of drug-likeness (QED) is 0.778. The first-order valence-corrected chi connectivity index (χ1v) is 10.2. The minimum atomic E-state index is -0.364. The molecule has 0 radical (unpaired) electrons. The van der Waals surface area contributed by atoms with E-state index in [4.69, 9.17) is 4.52 Å². The molecular weight excluding hydrogens is 373 g/mol. The zero-order valence-electron chi connectivity index (χ0n) is 16.6. The van der Waals surface area contributed by atoms with Gasteiger partial charge < -0.3 is 14.3 Å². The van der Waals surface area contributed by atoms with Gasteiger partial charge >= 0.3 is 0 Å². The van der Waals surface area contributed by atoms with Gasteiger partial charge in [0.1, 0.15) is 11.5 Å². The molecule has 3 aliphatic rings. The Labute approximate surface area is 168 Å². The lowest BCUT2D eigenvalue weighted by Gasteiger charge is -2.49. The smallest absolute Gasteiger partial charge is 0.292 e. The molecular formula is C22H24FN3O3. The zero-order valence-corrected chi connectivity index (χ0v) is 16.6. The van der Waals surface area contributed by atoms with Gasteiger partial charge in [0.2, 0.25) is 11.7 Å². The van der Waals surface area contributed by atoms with Crippen LogP contribution in [-0.4, -0.2) is 51.4 Å². The minimum absolute atomic E-state index is 0.0476. The molecule has 1 aromatic heterocycles. The van der Waals surface area contributed by atoms with Crippen LogP contribution in [0.1, 0.15) is 50.1 Å². The molecule has 2 amide bonds. The highest BCUT2D eigenvalue weighted by atomic mass is 19.1. The number of carbonyl (C=O) groups excluding carboxylic acids is 2. The zero-order chi connectivity index (χ0) is 20.3. The van der Waals surface area contributed by atoms with E-state index in [0.717, 1.165) is 25.7 Å². The molecule has 1 saturated carbocycles. The molecule has 6 nitrogen and oxygen atoms in total. The van der Waals surface area contributed by atoms with Crippen molar-refractivity contribution >= 4 is 11.8 Å². The summed E-state index contributed by atoms with van der Waals surface area (Å²) in [6.07, 6.45) is 3.87. The van der Waals surface area contributed by atoms with Crippen molar-refractivity contribution in [3.8, 4) is 11.3 Å². The number of carbonyl (C=O) groups is 2. The Balaban J connectivity index is 1.46. The fourth-order valence-corrected chi connectivity index (χ4v) is 6.00. The van der Waals surface area contributed by atoms with E-state index in [1.165, 1.54) is 12.1 Å². The summed E-state index contributed by atoms with van der Waals surface area (Å²) in [5, 5.41) is 3.98. The third-order valence-corrected chi connectivity index (χ3v) is 7.13. The van der Waals surface area contributed by atoms with Gasteiger partial charge in [0.15, 0.2) is 0 Å².